The molecule has 0 atom stereocenters. The van der Waals surface area contributed by atoms with Crippen molar-refractivity contribution in [2.24, 2.45) is 5.73 Å². The lowest BCUT2D eigenvalue weighted by Gasteiger charge is -2.26. The van der Waals surface area contributed by atoms with Gasteiger partial charge in [-0.3, -0.25) is 0 Å². The van der Waals surface area contributed by atoms with Crippen LogP contribution in [0.2, 0.25) is 0 Å². The first-order valence-electron chi connectivity index (χ1n) is 6.77. The van der Waals surface area contributed by atoms with Crippen LogP contribution < -0.4 is 5.73 Å². The van der Waals surface area contributed by atoms with Crippen LogP contribution in [-0.4, -0.2) is 5.54 Å². The van der Waals surface area contributed by atoms with Gasteiger partial charge in [0.05, 0.1) is 0 Å². The zero-order chi connectivity index (χ0) is 12.3. The molecule has 0 aromatic heterocycles. The van der Waals surface area contributed by atoms with Gasteiger partial charge in [-0.25, -0.2) is 0 Å². The highest BCUT2D eigenvalue weighted by atomic mass is 14.9. The topological polar surface area (TPSA) is 26.0 Å². The summed E-state index contributed by atoms with van der Waals surface area (Å²) in [6.07, 6.45) is 5.01. The Kier molecular flexibility index (Phi) is 2.08. The Bertz CT molecular complexity index is 445. The third-order valence-electron chi connectivity index (χ3n) is 4.77. The van der Waals surface area contributed by atoms with Crippen molar-refractivity contribution in [3.8, 4) is 0 Å². The van der Waals surface area contributed by atoms with Gasteiger partial charge in [0.25, 0.3) is 0 Å². The number of benzene rings is 1. The van der Waals surface area contributed by atoms with Crippen LogP contribution in [0.4, 0.5) is 0 Å². The molecule has 0 unspecified atom stereocenters. The van der Waals surface area contributed by atoms with Gasteiger partial charge in [0.1, 0.15) is 0 Å². The second kappa shape index (κ2) is 3.14. The van der Waals surface area contributed by atoms with E-state index in [0.29, 0.717) is 5.41 Å². The Morgan fingerprint density at radius 2 is 1.71 bits per heavy atom. The SMILES string of the molecule is CC(C)(C)c1cccc(C2(C3(N)CC3)CC2)c1. The first kappa shape index (κ1) is 11.3. The lowest BCUT2D eigenvalue weighted by Crippen LogP contribution is -2.37. The van der Waals surface area contributed by atoms with E-state index < -0.39 is 0 Å². The average molecular weight is 229 g/mol. The molecule has 92 valence electrons. The van der Waals surface area contributed by atoms with Gasteiger partial charge in [0, 0.05) is 11.0 Å². The molecule has 0 aliphatic heterocycles. The maximum absolute atomic E-state index is 6.48. The van der Waals surface area contributed by atoms with Crippen LogP contribution in [0, 0.1) is 0 Å². The highest BCUT2D eigenvalue weighted by molar-refractivity contribution is 5.43. The summed E-state index contributed by atoms with van der Waals surface area (Å²) in [4.78, 5) is 0. The van der Waals surface area contributed by atoms with E-state index in [1.54, 1.807) is 0 Å². The Morgan fingerprint density at radius 3 is 2.18 bits per heavy atom. The number of hydrogen-bond acceptors (Lipinski definition) is 1. The predicted molar refractivity (Wildman–Crippen MR) is 72.2 cm³/mol. The summed E-state index contributed by atoms with van der Waals surface area (Å²) in [7, 11) is 0. The molecule has 2 N–H and O–H groups in total. The Balaban J connectivity index is 2.00. The maximum atomic E-state index is 6.48. The number of hydrogen-bond donors (Lipinski definition) is 1. The van der Waals surface area contributed by atoms with Crippen molar-refractivity contribution < 1.29 is 0 Å². The molecular formula is C16H23N. The van der Waals surface area contributed by atoms with E-state index in [9.17, 15) is 0 Å². The van der Waals surface area contributed by atoms with Crippen LogP contribution in [0.1, 0.15) is 57.6 Å². The molecule has 3 rings (SSSR count). The smallest absolute Gasteiger partial charge is 0.0253 e. The molecule has 0 heterocycles. The molecule has 1 aromatic carbocycles. The lowest BCUT2D eigenvalue weighted by atomic mass is 9.81. The van der Waals surface area contributed by atoms with Gasteiger partial charge < -0.3 is 5.73 Å². The molecule has 0 saturated heterocycles. The van der Waals surface area contributed by atoms with Crippen molar-refractivity contribution in [2.75, 3.05) is 0 Å². The predicted octanol–water partition coefficient (Wildman–Crippen LogP) is 3.51. The lowest BCUT2D eigenvalue weighted by molar-refractivity contribution is 0.500. The first-order chi connectivity index (χ1) is 7.87. The van der Waals surface area contributed by atoms with E-state index in [1.165, 1.54) is 36.8 Å². The fourth-order valence-electron chi connectivity index (χ4n) is 3.10. The van der Waals surface area contributed by atoms with Crippen molar-refractivity contribution in [3.63, 3.8) is 0 Å². The Morgan fingerprint density at radius 1 is 1.06 bits per heavy atom. The van der Waals surface area contributed by atoms with E-state index in [-0.39, 0.29) is 11.0 Å². The molecule has 1 heteroatoms. The zero-order valence-electron chi connectivity index (χ0n) is 11.2. The summed E-state index contributed by atoms with van der Waals surface area (Å²) in [6.45, 7) is 6.84. The molecule has 1 nitrogen and oxygen atoms in total. The molecule has 2 aliphatic rings. The third-order valence-corrected chi connectivity index (χ3v) is 4.77. The van der Waals surface area contributed by atoms with Gasteiger partial charge in [0.2, 0.25) is 0 Å². The number of rotatable bonds is 2. The minimum atomic E-state index is 0.128. The van der Waals surface area contributed by atoms with Crippen LogP contribution in [0.3, 0.4) is 0 Å². The molecule has 0 bridgehead atoms. The van der Waals surface area contributed by atoms with Crippen molar-refractivity contribution >= 4 is 0 Å². The van der Waals surface area contributed by atoms with Gasteiger partial charge in [-0.15, -0.1) is 0 Å². The fourth-order valence-corrected chi connectivity index (χ4v) is 3.10. The summed E-state index contributed by atoms with van der Waals surface area (Å²) < 4.78 is 0. The van der Waals surface area contributed by atoms with Gasteiger partial charge in [-0.1, -0.05) is 45.0 Å². The maximum Gasteiger partial charge on any atom is 0.0253 e. The molecule has 0 spiro atoms. The molecule has 0 radical (unpaired) electrons. The molecular weight excluding hydrogens is 206 g/mol. The minimum Gasteiger partial charge on any atom is -0.324 e. The highest BCUT2D eigenvalue weighted by Crippen LogP contribution is 2.63. The molecule has 1 aromatic rings. The minimum absolute atomic E-state index is 0.128. The number of nitrogens with two attached hydrogens (primary N) is 1. The summed E-state index contributed by atoms with van der Waals surface area (Å²) in [5.74, 6) is 0. The molecule has 2 fully saturated rings. The highest BCUT2D eigenvalue weighted by Gasteiger charge is 2.64. The van der Waals surface area contributed by atoms with Crippen molar-refractivity contribution in [2.45, 2.75) is 62.8 Å². The molecule has 2 aliphatic carbocycles. The summed E-state index contributed by atoms with van der Waals surface area (Å²) in [6, 6.07) is 9.15. The molecule has 17 heavy (non-hydrogen) atoms. The second-order valence-electron chi connectivity index (χ2n) is 7.07. The second-order valence-corrected chi connectivity index (χ2v) is 7.07. The van der Waals surface area contributed by atoms with E-state index >= 15 is 0 Å². The molecule has 2 saturated carbocycles. The summed E-state index contributed by atoms with van der Waals surface area (Å²) in [5.41, 5.74) is 10.1. The van der Waals surface area contributed by atoms with Gasteiger partial charge in [-0.2, -0.15) is 0 Å². The van der Waals surface area contributed by atoms with Gasteiger partial charge in [0.15, 0.2) is 0 Å². The Labute approximate surface area is 104 Å². The van der Waals surface area contributed by atoms with Crippen LogP contribution in [0.15, 0.2) is 24.3 Å². The van der Waals surface area contributed by atoms with Crippen LogP contribution in [0.5, 0.6) is 0 Å². The van der Waals surface area contributed by atoms with Crippen molar-refractivity contribution in [1.29, 1.82) is 0 Å². The van der Waals surface area contributed by atoms with E-state index in [1.807, 2.05) is 0 Å². The molecule has 0 amide bonds. The van der Waals surface area contributed by atoms with Crippen LogP contribution >= 0.6 is 0 Å². The van der Waals surface area contributed by atoms with Crippen LogP contribution in [-0.2, 0) is 10.8 Å². The van der Waals surface area contributed by atoms with Crippen molar-refractivity contribution in [1.82, 2.24) is 0 Å². The van der Waals surface area contributed by atoms with Crippen molar-refractivity contribution in [3.05, 3.63) is 35.4 Å². The third kappa shape index (κ3) is 1.63. The monoisotopic (exact) mass is 229 g/mol. The largest absolute Gasteiger partial charge is 0.324 e. The fraction of sp³-hybridized carbons (Fsp3) is 0.625. The quantitative estimate of drug-likeness (QED) is 0.825. The van der Waals surface area contributed by atoms with Gasteiger partial charge >= 0.3 is 0 Å². The Hall–Kier alpha value is -0.820. The summed E-state index contributed by atoms with van der Waals surface area (Å²) >= 11 is 0. The van der Waals surface area contributed by atoms with E-state index in [0.717, 1.165) is 0 Å². The standard InChI is InChI=1S/C16H23N/c1-14(2,3)12-5-4-6-13(11-12)15(7-8-15)16(17)9-10-16/h4-6,11H,7-10,17H2,1-3H3. The van der Waals surface area contributed by atoms with Gasteiger partial charge in [-0.05, 0) is 42.2 Å². The van der Waals surface area contributed by atoms with Crippen LogP contribution in [0.25, 0.3) is 0 Å². The average Bonchev–Trinajstić information content (AvgIpc) is 3.11. The van der Waals surface area contributed by atoms with E-state index in [4.69, 9.17) is 5.73 Å². The first-order valence-corrected chi connectivity index (χ1v) is 6.77. The summed E-state index contributed by atoms with van der Waals surface area (Å²) in [5, 5.41) is 0. The van der Waals surface area contributed by atoms with E-state index in [2.05, 4.69) is 45.0 Å². The normalized spacial score (nSPS) is 24.5. The zero-order valence-corrected chi connectivity index (χ0v) is 11.2.